The number of halogens is 1. The highest BCUT2D eigenvalue weighted by Gasteiger charge is 2.16. The van der Waals surface area contributed by atoms with Crippen molar-refractivity contribution >= 4 is 33.2 Å². The number of nitrogens with two attached hydrogens (primary N) is 1. The Labute approximate surface area is 83.2 Å². The Hall–Kier alpha value is -1.23. The van der Waals surface area contributed by atoms with Crippen molar-refractivity contribution in [3.8, 4) is 5.75 Å². The van der Waals surface area contributed by atoms with Crippen molar-refractivity contribution in [3.63, 3.8) is 0 Å². The molecule has 0 atom stereocenters. The van der Waals surface area contributed by atoms with E-state index in [9.17, 15) is 4.79 Å². The maximum Gasteiger partial charge on any atom is 0.262 e. The van der Waals surface area contributed by atoms with Gasteiger partial charge in [0.05, 0.1) is 5.69 Å². The molecule has 13 heavy (non-hydrogen) atoms. The zero-order valence-electron chi connectivity index (χ0n) is 6.63. The van der Waals surface area contributed by atoms with Gasteiger partial charge >= 0.3 is 0 Å². The average Bonchev–Trinajstić information content (AvgIpc) is 2.08. The second-order valence-corrected chi connectivity index (χ2v) is 3.56. The molecule has 0 saturated carbocycles. The fourth-order valence-corrected chi connectivity index (χ4v) is 1.46. The van der Waals surface area contributed by atoms with Crippen LogP contribution in [0, 0.1) is 0 Å². The van der Waals surface area contributed by atoms with Crippen LogP contribution >= 0.6 is 15.9 Å². The molecule has 1 heterocycles. The third-order valence-corrected chi connectivity index (χ3v) is 2.42. The number of amides is 1. The van der Waals surface area contributed by atoms with Crippen LogP contribution in [0.1, 0.15) is 0 Å². The minimum Gasteiger partial charge on any atom is -0.482 e. The molecule has 1 aromatic rings. The van der Waals surface area contributed by atoms with Gasteiger partial charge in [-0.2, -0.15) is 0 Å². The van der Waals surface area contributed by atoms with Gasteiger partial charge < -0.3 is 15.8 Å². The third-order valence-electron chi connectivity index (χ3n) is 1.73. The molecule has 0 unspecified atom stereocenters. The quantitative estimate of drug-likeness (QED) is 0.676. The largest absolute Gasteiger partial charge is 0.482 e. The summed E-state index contributed by atoms with van der Waals surface area (Å²) < 4.78 is 5.91. The van der Waals surface area contributed by atoms with E-state index in [1.807, 2.05) is 0 Å². The standard InChI is InChI=1S/C8H7BrN2O2/c9-4-1-6-7(2-5(4)10)13-3-8(12)11-6/h1-2H,3,10H2,(H,11,12). The molecule has 5 heteroatoms. The Bertz CT molecular complexity index is 379. The summed E-state index contributed by atoms with van der Waals surface area (Å²) >= 11 is 3.26. The van der Waals surface area contributed by atoms with Crippen LogP contribution in [-0.2, 0) is 4.79 Å². The summed E-state index contributed by atoms with van der Waals surface area (Å²) in [4.78, 5) is 10.9. The first kappa shape index (κ1) is 8.37. The zero-order chi connectivity index (χ0) is 9.42. The summed E-state index contributed by atoms with van der Waals surface area (Å²) in [5.74, 6) is 0.462. The number of fused-ring (bicyclic) bond motifs is 1. The van der Waals surface area contributed by atoms with Crippen molar-refractivity contribution in [3.05, 3.63) is 16.6 Å². The molecule has 1 aromatic carbocycles. The number of hydrogen-bond acceptors (Lipinski definition) is 3. The molecule has 4 nitrogen and oxygen atoms in total. The number of anilines is 2. The van der Waals surface area contributed by atoms with Gasteiger partial charge in [0.15, 0.2) is 6.61 Å². The van der Waals surface area contributed by atoms with Crippen molar-refractivity contribution < 1.29 is 9.53 Å². The molecule has 0 saturated heterocycles. The van der Waals surface area contributed by atoms with Gasteiger partial charge in [0.2, 0.25) is 0 Å². The second kappa shape index (κ2) is 2.92. The molecule has 0 spiro atoms. The lowest BCUT2D eigenvalue weighted by atomic mass is 10.2. The molecule has 0 radical (unpaired) electrons. The average molecular weight is 243 g/mol. The first-order valence-corrected chi connectivity index (χ1v) is 4.48. The third kappa shape index (κ3) is 1.47. The highest BCUT2D eigenvalue weighted by molar-refractivity contribution is 9.10. The van der Waals surface area contributed by atoms with Crippen molar-refractivity contribution in [2.24, 2.45) is 0 Å². The van der Waals surface area contributed by atoms with Gasteiger partial charge in [-0.25, -0.2) is 0 Å². The molecule has 1 amide bonds. The van der Waals surface area contributed by atoms with Crippen molar-refractivity contribution in [1.29, 1.82) is 0 Å². The number of benzene rings is 1. The lowest BCUT2D eigenvalue weighted by Crippen LogP contribution is -2.25. The summed E-state index contributed by atoms with van der Waals surface area (Å²) in [6.45, 7) is 0.0497. The van der Waals surface area contributed by atoms with E-state index in [2.05, 4.69) is 21.2 Å². The van der Waals surface area contributed by atoms with Crippen LogP contribution in [0.3, 0.4) is 0 Å². The van der Waals surface area contributed by atoms with Gasteiger partial charge in [0.25, 0.3) is 5.91 Å². The Morgan fingerprint density at radius 3 is 3.08 bits per heavy atom. The van der Waals surface area contributed by atoms with E-state index < -0.39 is 0 Å². The molecule has 2 rings (SSSR count). The molecular formula is C8H7BrN2O2. The molecule has 0 aliphatic carbocycles. The van der Waals surface area contributed by atoms with Crippen LogP contribution < -0.4 is 15.8 Å². The first-order chi connectivity index (χ1) is 6.16. The molecular weight excluding hydrogens is 236 g/mol. The summed E-state index contributed by atoms with van der Waals surface area (Å²) in [5, 5.41) is 2.68. The van der Waals surface area contributed by atoms with Crippen LogP contribution in [0.25, 0.3) is 0 Å². The number of nitrogens with one attached hydrogen (secondary N) is 1. The smallest absolute Gasteiger partial charge is 0.262 e. The Balaban J connectivity index is 2.49. The zero-order valence-corrected chi connectivity index (χ0v) is 8.22. The van der Waals surface area contributed by atoms with E-state index in [0.29, 0.717) is 17.1 Å². The fraction of sp³-hybridized carbons (Fsp3) is 0.125. The minimum atomic E-state index is -0.149. The van der Waals surface area contributed by atoms with E-state index in [1.54, 1.807) is 12.1 Å². The maximum absolute atomic E-state index is 10.9. The van der Waals surface area contributed by atoms with Gasteiger partial charge in [0, 0.05) is 16.2 Å². The highest BCUT2D eigenvalue weighted by atomic mass is 79.9. The molecule has 0 aromatic heterocycles. The lowest BCUT2D eigenvalue weighted by molar-refractivity contribution is -0.118. The molecule has 68 valence electrons. The highest BCUT2D eigenvalue weighted by Crippen LogP contribution is 2.34. The topological polar surface area (TPSA) is 64.3 Å². The van der Waals surface area contributed by atoms with Gasteiger partial charge in [0.1, 0.15) is 5.75 Å². The normalized spacial score (nSPS) is 14.4. The molecule has 0 bridgehead atoms. The number of nitrogen functional groups attached to an aromatic ring is 1. The van der Waals surface area contributed by atoms with Gasteiger partial charge in [-0.1, -0.05) is 0 Å². The summed E-state index contributed by atoms with van der Waals surface area (Å²) in [7, 11) is 0. The molecule has 1 aliphatic rings. The molecule has 1 aliphatic heterocycles. The summed E-state index contributed by atoms with van der Waals surface area (Å²) in [6.07, 6.45) is 0. The van der Waals surface area contributed by atoms with Crippen molar-refractivity contribution in [2.45, 2.75) is 0 Å². The monoisotopic (exact) mass is 242 g/mol. The van der Waals surface area contributed by atoms with Crippen LogP contribution in [-0.4, -0.2) is 12.5 Å². The fourth-order valence-electron chi connectivity index (χ4n) is 1.12. The van der Waals surface area contributed by atoms with E-state index in [4.69, 9.17) is 10.5 Å². The first-order valence-electron chi connectivity index (χ1n) is 3.68. The van der Waals surface area contributed by atoms with E-state index in [1.165, 1.54) is 0 Å². The number of carbonyl (C=O) groups excluding carboxylic acids is 1. The SMILES string of the molecule is Nc1cc2c(cc1Br)NC(=O)CO2. The van der Waals surface area contributed by atoms with Gasteiger partial charge in [-0.3, -0.25) is 4.79 Å². The molecule has 0 fully saturated rings. The van der Waals surface area contributed by atoms with Crippen LogP contribution in [0.4, 0.5) is 11.4 Å². The summed E-state index contributed by atoms with van der Waals surface area (Å²) in [6, 6.07) is 3.40. The Morgan fingerprint density at radius 1 is 1.54 bits per heavy atom. The maximum atomic E-state index is 10.9. The predicted molar refractivity (Wildman–Crippen MR) is 52.7 cm³/mol. The lowest BCUT2D eigenvalue weighted by Gasteiger charge is -2.18. The number of ether oxygens (including phenoxy) is 1. The number of rotatable bonds is 0. The van der Waals surface area contributed by atoms with Crippen molar-refractivity contribution in [2.75, 3.05) is 17.7 Å². The summed E-state index contributed by atoms with van der Waals surface area (Å²) in [5.41, 5.74) is 6.88. The van der Waals surface area contributed by atoms with E-state index >= 15 is 0 Å². The van der Waals surface area contributed by atoms with Crippen LogP contribution in [0.2, 0.25) is 0 Å². The number of hydrogen-bond donors (Lipinski definition) is 2. The molecule has 3 N–H and O–H groups in total. The minimum absolute atomic E-state index is 0.0497. The van der Waals surface area contributed by atoms with Gasteiger partial charge in [-0.15, -0.1) is 0 Å². The van der Waals surface area contributed by atoms with Crippen molar-refractivity contribution in [1.82, 2.24) is 0 Å². The predicted octanol–water partition coefficient (Wildman–Crippen LogP) is 1.36. The number of carbonyl (C=O) groups is 1. The van der Waals surface area contributed by atoms with Gasteiger partial charge in [-0.05, 0) is 22.0 Å². The van der Waals surface area contributed by atoms with E-state index in [0.717, 1.165) is 4.47 Å². The van der Waals surface area contributed by atoms with Crippen LogP contribution in [0.15, 0.2) is 16.6 Å². The Kier molecular flexibility index (Phi) is 1.88. The van der Waals surface area contributed by atoms with E-state index in [-0.39, 0.29) is 12.5 Å². The Morgan fingerprint density at radius 2 is 2.31 bits per heavy atom. The second-order valence-electron chi connectivity index (χ2n) is 2.71. The van der Waals surface area contributed by atoms with Crippen LogP contribution in [0.5, 0.6) is 5.75 Å².